The van der Waals surface area contributed by atoms with E-state index in [1.807, 2.05) is 13.8 Å². The number of nitrogens with zero attached hydrogens (tertiary/aromatic N) is 3. The van der Waals surface area contributed by atoms with Crippen LogP contribution < -0.4 is 0 Å². The van der Waals surface area contributed by atoms with E-state index in [9.17, 15) is 21.6 Å². The molecule has 0 N–H and O–H groups in total. The van der Waals surface area contributed by atoms with Gasteiger partial charge < -0.3 is 0 Å². The molecule has 3 aliphatic rings. The van der Waals surface area contributed by atoms with Crippen LogP contribution in [0.5, 0.6) is 0 Å². The first-order valence-electron chi connectivity index (χ1n) is 10.1. The van der Waals surface area contributed by atoms with E-state index in [1.54, 1.807) is 4.68 Å². The van der Waals surface area contributed by atoms with E-state index in [2.05, 4.69) is 10.00 Å². The summed E-state index contributed by atoms with van der Waals surface area (Å²) in [5.74, 6) is 0.648. The normalized spacial score (nSPS) is 30.1. The maximum absolute atomic E-state index is 13.2. The standard InChI is InChI=1S/C19H28F3N3O2S/c1-13(2)25-16(9-17(23-25)19(20,21)22)14-4-3-5-15(8-14)24-7-6-18(10-24)11-28(26,27)12-18/h9,13-15H,3-8,10-12H2,1-2H3/t14-,15+/m0/s1. The van der Waals surface area contributed by atoms with E-state index in [4.69, 9.17) is 0 Å². The molecule has 2 saturated heterocycles. The molecule has 1 aliphatic carbocycles. The second kappa shape index (κ2) is 6.72. The summed E-state index contributed by atoms with van der Waals surface area (Å²) in [6.45, 7) is 5.42. The molecule has 0 unspecified atom stereocenters. The Labute approximate surface area is 164 Å². The number of hydrogen-bond donors (Lipinski definition) is 0. The summed E-state index contributed by atoms with van der Waals surface area (Å²) >= 11 is 0. The Kier molecular flexibility index (Phi) is 4.85. The van der Waals surface area contributed by atoms with Gasteiger partial charge >= 0.3 is 6.18 Å². The van der Waals surface area contributed by atoms with Crippen molar-refractivity contribution in [2.45, 2.75) is 70.1 Å². The Bertz CT molecular complexity index is 835. The molecule has 5 nitrogen and oxygen atoms in total. The molecule has 158 valence electrons. The molecular formula is C19H28F3N3O2S. The van der Waals surface area contributed by atoms with E-state index < -0.39 is 21.7 Å². The van der Waals surface area contributed by atoms with Crippen molar-refractivity contribution in [3.05, 3.63) is 17.5 Å². The molecule has 4 rings (SSSR count). The molecule has 3 fully saturated rings. The smallest absolute Gasteiger partial charge is 0.300 e. The van der Waals surface area contributed by atoms with Crippen molar-refractivity contribution in [2.75, 3.05) is 24.6 Å². The minimum atomic E-state index is -4.43. The summed E-state index contributed by atoms with van der Waals surface area (Å²) in [5, 5.41) is 3.85. The van der Waals surface area contributed by atoms with Gasteiger partial charge in [0.1, 0.15) is 0 Å². The Morgan fingerprint density at radius 3 is 2.57 bits per heavy atom. The topological polar surface area (TPSA) is 55.2 Å². The lowest BCUT2D eigenvalue weighted by Gasteiger charge is -2.40. The lowest BCUT2D eigenvalue weighted by atomic mass is 9.82. The van der Waals surface area contributed by atoms with Gasteiger partial charge in [0.15, 0.2) is 15.5 Å². The lowest BCUT2D eigenvalue weighted by Crippen LogP contribution is -2.51. The number of alkyl halides is 3. The fourth-order valence-corrected chi connectivity index (χ4v) is 7.69. The van der Waals surface area contributed by atoms with Crippen molar-refractivity contribution in [1.29, 1.82) is 0 Å². The van der Waals surface area contributed by atoms with Crippen molar-refractivity contribution in [3.63, 3.8) is 0 Å². The maximum Gasteiger partial charge on any atom is 0.435 e. The summed E-state index contributed by atoms with van der Waals surface area (Å²) in [6.07, 6.45) is 0.177. The van der Waals surface area contributed by atoms with Crippen LogP contribution in [0.3, 0.4) is 0 Å². The van der Waals surface area contributed by atoms with Crippen LogP contribution in [0.1, 0.15) is 69.3 Å². The van der Waals surface area contributed by atoms with Crippen LogP contribution in [0.2, 0.25) is 0 Å². The first-order valence-corrected chi connectivity index (χ1v) is 11.9. The highest BCUT2D eigenvalue weighted by molar-refractivity contribution is 7.92. The van der Waals surface area contributed by atoms with Crippen LogP contribution in [0, 0.1) is 5.41 Å². The third kappa shape index (κ3) is 3.72. The van der Waals surface area contributed by atoms with Gasteiger partial charge in [-0.1, -0.05) is 6.42 Å². The highest BCUT2D eigenvalue weighted by Crippen LogP contribution is 2.45. The molecule has 2 atom stereocenters. The molecule has 9 heteroatoms. The Morgan fingerprint density at radius 1 is 1.25 bits per heavy atom. The summed E-state index contributed by atoms with van der Waals surface area (Å²) in [7, 11) is -2.85. The van der Waals surface area contributed by atoms with E-state index in [-0.39, 0.29) is 17.4 Å². The zero-order chi connectivity index (χ0) is 20.3. The Morgan fingerprint density at radius 2 is 1.96 bits per heavy atom. The molecule has 0 aromatic carbocycles. The third-order valence-electron chi connectivity index (χ3n) is 6.65. The minimum Gasteiger partial charge on any atom is -0.300 e. The summed E-state index contributed by atoms with van der Waals surface area (Å²) < 4.78 is 64.4. The van der Waals surface area contributed by atoms with Crippen LogP contribution in [-0.4, -0.2) is 53.7 Å². The van der Waals surface area contributed by atoms with Gasteiger partial charge in [0.25, 0.3) is 0 Å². The average Bonchev–Trinajstić information content (AvgIpc) is 3.18. The second-order valence-corrected chi connectivity index (χ2v) is 11.3. The zero-order valence-corrected chi connectivity index (χ0v) is 17.2. The summed E-state index contributed by atoms with van der Waals surface area (Å²) in [5.41, 5.74) is -0.195. The molecule has 1 aromatic heterocycles. The highest BCUT2D eigenvalue weighted by Gasteiger charge is 2.53. The molecule has 0 bridgehead atoms. The number of sulfone groups is 1. The largest absolute Gasteiger partial charge is 0.435 e. The van der Waals surface area contributed by atoms with E-state index in [0.717, 1.165) is 45.2 Å². The first-order chi connectivity index (χ1) is 13.0. The van der Waals surface area contributed by atoms with Crippen LogP contribution in [0.4, 0.5) is 13.2 Å². The van der Waals surface area contributed by atoms with Crippen molar-refractivity contribution in [3.8, 4) is 0 Å². The van der Waals surface area contributed by atoms with Gasteiger partial charge in [0, 0.05) is 35.7 Å². The van der Waals surface area contributed by atoms with E-state index >= 15 is 0 Å². The van der Waals surface area contributed by atoms with Crippen molar-refractivity contribution in [1.82, 2.24) is 14.7 Å². The molecule has 1 aromatic rings. The number of rotatable bonds is 3. The molecule has 1 spiro atoms. The van der Waals surface area contributed by atoms with Gasteiger partial charge in [-0.3, -0.25) is 9.58 Å². The number of aromatic nitrogens is 2. The molecule has 0 radical (unpaired) electrons. The predicted octanol–water partition coefficient (Wildman–Crippen LogP) is 3.63. The van der Waals surface area contributed by atoms with Gasteiger partial charge in [-0.25, -0.2) is 8.42 Å². The first kappa shape index (κ1) is 20.2. The summed E-state index contributed by atoms with van der Waals surface area (Å²) in [6, 6.07) is 1.42. The molecule has 1 saturated carbocycles. The molecule has 3 heterocycles. The maximum atomic E-state index is 13.2. The molecule has 2 aliphatic heterocycles. The zero-order valence-electron chi connectivity index (χ0n) is 16.4. The van der Waals surface area contributed by atoms with Crippen LogP contribution in [0.15, 0.2) is 6.07 Å². The van der Waals surface area contributed by atoms with Gasteiger partial charge in [-0.2, -0.15) is 18.3 Å². The molecule has 28 heavy (non-hydrogen) atoms. The van der Waals surface area contributed by atoms with Crippen LogP contribution in [0.25, 0.3) is 0 Å². The Balaban J connectivity index is 1.50. The third-order valence-corrected chi connectivity index (χ3v) is 8.75. The van der Waals surface area contributed by atoms with Gasteiger partial charge in [0.05, 0.1) is 11.5 Å². The van der Waals surface area contributed by atoms with Gasteiger partial charge in [-0.05, 0) is 52.1 Å². The fraction of sp³-hybridized carbons (Fsp3) is 0.842. The SMILES string of the molecule is CC(C)n1nc(C(F)(F)F)cc1[C@H]1CCC[C@@H](N2CCC3(C2)CS(=O)(=O)C3)C1. The van der Waals surface area contributed by atoms with Crippen molar-refractivity contribution >= 4 is 9.84 Å². The Hall–Kier alpha value is -1.09. The minimum absolute atomic E-state index is 0.0615. The highest BCUT2D eigenvalue weighted by atomic mass is 32.2. The van der Waals surface area contributed by atoms with Crippen LogP contribution >= 0.6 is 0 Å². The predicted molar refractivity (Wildman–Crippen MR) is 99.9 cm³/mol. The monoisotopic (exact) mass is 419 g/mol. The van der Waals surface area contributed by atoms with Gasteiger partial charge in [-0.15, -0.1) is 0 Å². The number of likely N-dealkylation sites (tertiary alicyclic amines) is 1. The average molecular weight is 420 g/mol. The number of hydrogen-bond acceptors (Lipinski definition) is 4. The fourth-order valence-electron chi connectivity index (χ4n) is 5.44. The van der Waals surface area contributed by atoms with Crippen molar-refractivity contribution < 1.29 is 21.6 Å². The molecule has 0 amide bonds. The van der Waals surface area contributed by atoms with Crippen molar-refractivity contribution in [2.24, 2.45) is 5.41 Å². The van der Waals surface area contributed by atoms with E-state index in [0.29, 0.717) is 23.2 Å². The van der Waals surface area contributed by atoms with Gasteiger partial charge in [0.2, 0.25) is 0 Å². The quantitative estimate of drug-likeness (QED) is 0.751. The van der Waals surface area contributed by atoms with Crippen LogP contribution in [-0.2, 0) is 16.0 Å². The summed E-state index contributed by atoms with van der Waals surface area (Å²) in [4.78, 5) is 2.39. The second-order valence-electron chi connectivity index (χ2n) is 9.26. The number of halogens is 3. The van der Waals surface area contributed by atoms with E-state index in [1.165, 1.54) is 6.07 Å². The lowest BCUT2D eigenvalue weighted by molar-refractivity contribution is -0.141. The molecular weight excluding hydrogens is 391 g/mol.